The molecule has 5 nitrogen and oxygen atoms in total. The Balaban J connectivity index is 1.74. The van der Waals surface area contributed by atoms with Crippen molar-refractivity contribution in [1.29, 1.82) is 0 Å². The number of para-hydroxylation sites is 2. The Kier molecular flexibility index (Phi) is 5.03. The Morgan fingerprint density at radius 2 is 2.08 bits per heavy atom. The van der Waals surface area contributed by atoms with E-state index < -0.39 is 11.7 Å². The van der Waals surface area contributed by atoms with Crippen LogP contribution in [0.25, 0.3) is 0 Å². The number of nitrogens with zero attached hydrogens (tertiary/aromatic N) is 1. The molecule has 2 amide bonds. The topological polar surface area (TPSA) is 58.6 Å². The summed E-state index contributed by atoms with van der Waals surface area (Å²) in [6.45, 7) is 0.225. The minimum Gasteiger partial charge on any atom is -0.495 e. The lowest BCUT2D eigenvalue weighted by Crippen LogP contribution is -2.28. The van der Waals surface area contributed by atoms with E-state index >= 15 is 0 Å². The number of carbonyl (C=O) groups excluding carboxylic acids is 2. The number of ether oxygens (including phenoxy) is 1. The fourth-order valence-corrected chi connectivity index (χ4v) is 3.13. The van der Waals surface area contributed by atoms with Crippen molar-refractivity contribution in [3.63, 3.8) is 0 Å². The predicted molar refractivity (Wildman–Crippen MR) is 96.2 cm³/mol. The molecule has 2 aromatic rings. The fraction of sp³-hybridized carbons (Fsp3) is 0.222. The maximum Gasteiger partial charge on any atom is 0.229 e. The van der Waals surface area contributed by atoms with E-state index in [1.807, 2.05) is 6.07 Å². The van der Waals surface area contributed by atoms with Crippen LogP contribution in [0.2, 0.25) is 0 Å². The molecule has 3 rings (SSSR count). The van der Waals surface area contributed by atoms with E-state index in [2.05, 4.69) is 21.2 Å². The number of amides is 2. The zero-order valence-electron chi connectivity index (χ0n) is 13.5. The lowest BCUT2D eigenvalue weighted by Gasteiger charge is -2.19. The van der Waals surface area contributed by atoms with Crippen molar-refractivity contribution in [2.45, 2.75) is 6.42 Å². The summed E-state index contributed by atoms with van der Waals surface area (Å²) in [5.74, 6) is -1.07. The first-order chi connectivity index (χ1) is 12.0. The van der Waals surface area contributed by atoms with Crippen LogP contribution in [-0.4, -0.2) is 25.5 Å². The number of rotatable bonds is 4. The van der Waals surface area contributed by atoms with Gasteiger partial charge in [-0.3, -0.25) is 9.59 Å². The van der Waals surface area contributed by atoms with Crippen LogP contribution in [0, 0.1) is 11.7 Å². The molecule has 1 atom stereocenters. The minimum atomic E-state index is -0.555. The molecule has 0 aromatic heterocycles. The quantitative estimate of drug-likeness (QED) is 0.843. The van der Waals surface area contributed by atoms with E-state index in [9.17, 15) is 14.0 Å². The number of nitrogens with one attached hydrogen (secondary N) is 1. The molecule has 0 saturated carbocycles. The van der Waals surface area contributed by atoms with Gasteiger partial charge in [0.25, 0.3) is 0 Å². The van der Waals surface area contributed by atoms with Gasteiger partial charge in [-0.25, -0.2) is 4.39 Å². The standard InChI is InChI=1S/C18H16BrFN2O3/c1-25-16-5-3-2-4-15(16)22-10-11(8-17(22)23)18(24)21-14-7-6-12(19)9-13(14)20/h2-7,9,11H,8,10H2,1H3,(H,21,24). The van der Waals surface area contributed by atoms with Gasteiger partial charge in [-0.05, 0) is 30.3 Å². The Morgan fingerprint density at radius 1 is 1.32 bits per heavy atom. The highest BCUT2D eigenvalue weighted by Crippen LogP contribution is 2.33. The number of hydrogen-bond acceptors (Lipinski definition) is 3. The fourth-order valence-electron chi connectivity index (χ4n) is 2.79. The summed E-state index contributed by atoms with van der Waals surface area (Å²) in [5, 5.41) is 2.56. The zero-order chi connectivity index (χ0) is 18.0. The molecular weight excluding hydrogens is 391 g/mol. The second-order valence-electron chi connectivity index (χ2n) is 5.69. The van der Waals surface area contributed by atoms with E-state index in [-0.39, 0.29) is 30.5 Å². The highest BCUT2D eigenvalue weighted by molar-refractivity contribution is 9.10. The van der Waals surface area contributed by atoms with Crippen molar-refractivity contribution in [3.05, 3.63) is 52.8 Å². The van der Waals surface area contributed by atoms with E-state index in [1.54, 1.807) is 24.3 Å². The third kappa shape index (κ3) is 3.66. The van der Waals surface area contributed by atoms with E-state index in [0.29, 0.717) is 15.9 Å². The SMILES string of the molecule is COc1ccccc1N1CC(C(=O)Nc2ccc(Br)cc2F)CC1=O. The second kappa shape index (κ2) is 7.23. The van der Waals surface area contributed by atoms with Crippen LogP contribution in [-0.2, 0) is 9.59 Å². The molecule has 1 N–H and O–H groups in total. The van der Waals surface area contributed by atoms with Crippen molar-refractivity contribution in [1.82, 2.24) is 0 Å². The number of halogens is 2. The molecule has 130 valence electrons. The van der Waals surface area contributed by atoms with Crippen molar-refractivity contribution < 1.29 is 18.7 Å². The minimum absolute atomic E-state index is 0.0715. The Bertz CT molecular complexity index is 828. The molecular formula is C18H16BrFN2O3. The van der Waals surface area contributed by atoms with Gasteiger partial charge in [-0.1, -0.05) is 28.1 Å². The van der Waals surface area contributed by atoms with Gasteiger partial charge < -0.3 is 15.0 Å². The van der Waals surface area contributed by atoms with Gasteiger partial charge in [0, 0.05) is 17.4 Å². The summed E-state index contributed by atoms with van der Waals surface area (Å²) in [6, 6.07) is 11.5. The van der Waals surface area contributed by atoms with Crippen molar-refractivity contribution in [2.24, 2.45) is 5.92 Å². The van der Waals surface area contributed by atoms with Gasteiger partial charge in [-0.2, -0.15) is 0 Å². The molecule has 0 radical (unpaired) electrons. The van der Waals surface area contributed by atoms with E-state index in [1.165, 1.54) is 24.1 Å². The van der Waals surface area contributed by atoms with Crippen molar-refractivity contribution in [3.8, 4) is 5.75 Å². The molecule has 0 spiro atoms. The lowest BCUT2D eigenvalue weighted by molar-refractivity contribution is -0.122. The molecule has 25 heavy (non-hydrogen) atoms. The van der Waals surface area contributed by atoms with Crippen LogP contribution in [0.4, 0.5) is 15.8 Å². The van der Waals surface area contributed by atoms with E-state index in [4.69, 9.17) is 4.74 Å². The van der Waals surface area contributed by atoms with E-state index in [0.717, 1.165) is 0 Å². The Labute approximate surface area is 152 Å². The van der Waals surface area contributed by atoms with Crippen molar-refractivity contribution >= 4 is 39.1 Å². The number of carbonyl (C=O) groups is 2. The highest BCUT2D eigenvalue weighted by Gasteiger charge is 2.36. The van der Waals surface area contributed by atoms with Crippen LogP contribution in [0.5, 0.6) is 5.75 Å². The summed E-state index contributed by atoms with van der Waals surface area (Å²) in [4.78, 5) is 26.3. The third-order valence-corrected chi connectivity index (χ3v) is 4.55. The van der Waals surface area contributed by atoms with Crippen LogP contribution in [0.3, 0.4) is 0 Å². The average Bonchev–Trinajstić information content (AvgIpc) is 2.99. The largest absolute Gasteiger partial charge is 0.495 e. The number of benzene rings is 2. The number of hydrogen-bond donors (Lipinski definition) is 1. The first-order valence-electron chi connectivity index (χ1n) is 7.69. The third-order valence-electron chi connectivity index (χ3n) is 4.06. The van der Waals surface area contributed by atoms with Gasteiger partial charge >= 0.3 is 0 Å². The maximum absolute atomic E-state index is 13.9. The normalized spacial score (nSPS) is 16.8. The van der Waals surface area contributed by atoms with Gasteiger partial charge in [0.15, 0.2) is 0 Å². The molecule has 0 aliphatic carbocycles. The summed E-state index contributed by atoms with van der Waals surface area (Å²) >= 11 is 3.17. The van der Waals surface area contributed by atoms with Crippen LogP contribution < -0.4 is 15.0 Å². The number of anilines is 2. The average molecular weight is 407 g/mol. The molecule has 1 heterocycles. The summed E-state index contributed by atoms with van der Waals surface area (Å²) in [5.41, 5.74) is 0.719. The Morgan fingerprint density at radius 3 is 2.80 bits per heavy atom. The smallest absolute Gasteiger partial charge is 0.229 e. The highest BCUT2D eigenvalue weighted by atomic mass is 79.9. The summed E-state index contributed by atoms with van der Waals surface area (Å²) in [6.07, 6.45) is 0.0715. The summed E-state index contributed by atoms with van der Waals surface area (Å²) in [7, 11) is 1.53. The first-order valence-corrected chi connectivity index (χ1v) is 8.48. The van der Waals surface area contributed by atoms with Crippen LogP contribution >= 0.6 is 15.9 Å². The molecule has 0 bridgehead atoms. The van der Waals surface area contributed by atoms with Gasteiger partial charge in [0.05, 0.1) is 24.4 Å². The number of methoxy groups -OCH3 is 1. The molecule has 1 fully saturated rings. The maximum atomic E-state index is 13.9. The van der Waals surface area contributed by atoms with Crippen LogP contribution in [0.15, 0.2) is 46.9 Å². The molecule has 1 aliphatic heterocycles. The van der Waals surface area contributed by atoms with Crippen LogP contribution in [0.1, 0.15) is 6.42 Å². The van der Waals surface area contributed by atoms with Gasteiger partial charge in [0.1, 0.15) is 11.6 Å². The monoisotopic (exact) mass is 406 g/mol. The predicted octanol–water partition coefficient (Wildman–Crippen LogP) is 3.59. The second-order valence-corrected chi connectivity index (χ2v) is 6.61. The van der Waals surface area contributed by atoms with Crippen molar-refractivity contribution in [2.75, 3.05) is 23.9 Å². The summed E-state index contributed by atoms with van der Waals surface area (Å²) < 4.78 is 19.7. The first kappa shape index (κ1) is 17.4. The van der Waals surface area contributed by atoms with Gasteiger partial charge in [0.2, 0.25) is 11.8 Å². The Hall–Kier alpha value is -2.41. The molecule has 2 aromatic carbocycles. The molecule has 1 saturated heterocycles. The molecule has 1 unspecified atom stereocenters. The molecule has 7 heteroatoms. The van der Waals surface area contributed by atoms with Gasteiger partial charge in [-0.15, -0.1) is 0 Å². The zero-order valence-corrected chi connectivity index (χ0v) is 15.0. The molecule has 1 aliphatic rings. The lowest BCUT2D eigenvalue weighted by atomic mass is 10.1.